The summed E-state index contributed by atoms with van der Waals surface area (Å²) in [6, 6.07) is 11.3. The second kappa shape index (κ2) is 9.82. The summed E-state index contributed by atoms with van der Waals surface area (Å²) in [5.74, 6) is -2.93. The molecule has 9 nitrogen and oxygen atoms in total. The molecule has 2 aromatic carbocycles. The van der Waals surface area contributed by atoms with Crippen LogP contribution in [0, 0.1) is 11.2 Å². The molecule has 1 heterocycles. The zero-order chi connectivity index (χ0) is 25.0. The van der Waals surface area contributed by atoms with Crippen molar-refractivity contribution < 1.29 is 27.9 Å². The van der Waals surface area contributed by atoms with Gasteiger partial charge in [-0.05, 0) is 55.5 Å². The molecule has 178 valence electrons. The summed E-state index contributed by atoms with van der Waals surface area (Å²) in [6.45, 7) is 6.19. The first-order valence-corrected chi connectivity index (χ1v) is 10.4. The second-order valence-corrected chi connectivity index (χ2v) is 8.62. The SMILES string of the molecule is CC(OC(=O)Cn1nc(-c2ccc(F)cc2)oc1=O)C(=O)c1ccc(NC(=O)C(C)(C)C)cc1. The molecular weight excluding hydrogens is 445 g/mol. The first-order valence-electron chi connectivity index (χ1n) is 10.4. The van der Waals surface area contributed by atoms with Crippen molar-refractivity contribution in [1.82, 2.24) is 9.78 Å². The molecule has 0 saturated heterocycles. The molecule has 0 aliphatic heterocycles. The van der Waals surface area contributed by atoms with Crippen molar-refractivity contribution in [3.05, 3.63) is 70.5 Å². The molecule has 0 aliphatic carbocycles. The Morgan fingerprint density at radius 3 is 2.29 bits per heavy atom. The number of Topliss-reactive ketones (excluding diaryl/α,β-unsaturated/α-hetero) is 1. The van der Waals surface area contributed by atoms with E-state index in [1.165, 1.54) is 43.3 Å². The molecule has 0 fully saturated rings. The van der Waals surface area contributed by atoms with E-state index in [0.717, 1.165) is 4.68 Å². The molecule has 10 heteroatoms. The van der Waals surface area contributed by atoms with Crippen LogP contribution in [0.5, 0.6) is 0 Å². The predicted molar refractivity (Wildman–Crippen MR) is 121 cm³/mol. The molecule has 1 amide bonds. The summed E-state index contributed by atoms with van der Waals surface area (Å²) in [6.07, 6.45) is -1.12. The number of ether oxygens (including phenoxy) is 1. The van der Waals surface area contributed by atoms with E-state index in [4.69, 9.17) is 9.15 Å². The van der Waals surface area contributed by atoms with Crippen LogP contribution >= 0.6 is 0 Å². The van der Waals surface area contributed by atoms with Gasteiger partial charge in [0.1, 0.15) is 12.4 Å². The van der Waals surface area contributed by atoms with Crippen molar-refractivity contribution in [2.24, 2.45) is 5.41 Å². The Balaban J connectivity index is 1.60. The van der Waals surface area contributed by atoms with Crippen LogP contribution in [-0.2, 0) is 20.9 Å². The lowest BCUT2D eigenvalue weighted by atomic mass is 9.95. The summed E-state index contributed by atoms with van der Waals surface area (Å²) in [5.41, 5.74) is 0.606. The lowest BCUT2D eigenvalue weighted by Gasteiger charge is -2.18. The van der Waals surface area contributed by atoms with Crippen molar-refractivity contribution >= 4 is 23.3 Å². The van der Waals surface area contributed by atoms with E-state index in [1.54, 1.807) is 32.9 Å². The minimum Gasteiger partial charge on any atom is -0.453 e. The average Bonchev–Trinajstić information content (AvgIpc) is 3.13. The fourth-order valence-electron chi connectivity index (χ4n) is 2.80. The maximum atomic E-state index is 13.1. The predicted octanol–water partition coefficient (Wildman–Crippen LogP) is 3.44. The zero-order valence-electron chi connectivity index (χ0n) is 19.1. The summed E-state index contributed by atoms with van der Waals surface area (Å²) < 4.78 is 24.0. The van der Waals surface area contributed by atoms with Gasteiger partial charge in [0.25, 0.3) is 0 Å². The molecule has 1 N–H and O–H groups in total. The monoisotopic (exact) mass is 469 g/mol. The Kier molecular flexibility index (Phi) is 7.09. The molecule has 0 bridgehead atoms. The second-order valence-electron chi connectivity index (χ2n) is 8.62. The third-order valence-electron chi connectivity index (χ3n) is 4.76. The number of nitrogens with one attached hydrogen (secondary N) is 1. The highest BCUT2D eigenvalue weighted by Crippen LogP contribution is 2.19. The van der Waals surface area contributed by atoms with Crippen LogP contribution in [0.3, 0.4) is 0 Å². The van der Waals surface area contributed by atoms with Gasteiger partial charge < -0.3 is 14.5 Å². The third kappa shape index (κ3) is 6.03. The molecule has 1 unspecified atom stereocenters. The van der Waals surface area contributed by atoms with Crippen molar-refractivity contribution in [1.29, 1.82) is 0 Å². The maximum Gasteiger partial charge on any atom is 0.437 e. The molecule has 3 aromatic rings. The Labute approximate surface area is 194 Å². The number of hydrogen-bond donors (Lipinski definition) is 1. The highest BCUT2D eigenvalue weighted by atomic mass is 19.1. The minimum atomic E-state index is -1.12. The van der Waals surface area contributed by atoms with Crippen molar-refractivity contribution in [3.63, 3.8) is 0 Å². The van der Waals surface area contributed by atoms with Gasteiger partial charge in [0.15, 0.2) is 6.10 Å². The van der Waals surface area contributed by atoms with E-state index < -0.39 is 41.4 Å². The number of aromatic nitrogens is 2. The van der Waals surface area contributed by atoms with Crippen LogP contribution in [0.4, 0.5) is 10.1 Å². The van der Waals surface area contributed by atoms with E-state index in [1.807, 2.05) is 0 Å². The van der Waals surface area contributed by atoms with Crippen LogP contribution in [0.2, 0.25) is 0 Å². The fraction of sp³-hybridized carbons (Fsp3) is 0.292. The summed E-state index contributed by atoms with van der Waals surface area (Å²) >= 11 is 0. The van der Waals surface area contributed by atoms with E-state index >= 15 is 0 Å². The van der Waals surface area contributed by atoms with Crippen LogP contribution in [0.15, 0.2) is 57.7 Å². The van der Waals surface area contributed by atoms with Gasteiger partial charge in [-0.25, -0.2) is 9.18 Å². The topological polar surface area (TPSA) is 120 Å². The van der Waals surface area contributed by atoms with Crippen molar-refractivity contribution in [2.75, 3.05) is 5.32 Å². The van der Waals surface area contributed by atoms with Crippen LogP contribution in [0.1, 0.15) is 38.1 Å². The number of nitrogens with zero attached hydrogens (tertiary/aromatic N) is 2. The van der Waals surface area contributed by atoms with Crippen molar-refractivity contribution in [2.45, 2.75) is 40.3 Å². The Bertz CT molecular complexity index is 1250. The molecule has 0 spiro atoms. The first-order chi connectivity index (χ1) is 15.9. The van der Waals surface area contributed by atoms with E-state index in [9.17, 15) is 23.6 Å². The maximum absolute atomic E-state index is 13.1. The largest absolute Gasteiger partial charge is 0.453 e. The summed E-state index contributed by atoms with van der Waals surface area (Å²) in [4.78, 5) is 48.9. The van der Waals surface area contributed by atoms with Crippen molar-refractivity contribution in [3.8, 4) is 11.5 Å². The van der Waals surface area contributed by atoms with Gasteiger partial charge in [-0.1, -0.05) is 20.8 Å². The molecule has 1 atom stereocenters. The lowest BCUT2D eigenvalue weighted by molar-refractivity contribution is -0.147. The zero-order valence-corrected chi connectivity index (χ0v) is 19.1. The van der Waals surface area contributed by atoms with Gasteiger partial charge in [-0.15, -0.1) is 5.10 Å². The average molecular weight is 469 g/mol. The smallest absolute Gasteiger partial charge is 0.437 e. The number of hydrogen-bond acceptors (Lipinski definition) is 7. The number of anilines is 1. The van der Waals surface area contributed by atoms with Gasteiger partial charge in [-0.2, -0.15) is 4.68 Å². The molecule has 0 aliphatic rings. The Morgan fingerprint density at radius 2 is 1.71 bits per heavy atom. The molecule has 0 saturated carbocycles. The van der Waals surface area contributed by atoms with E-state index in [0.29, 0.717) is 11.3 Å². The first kappa shape index (κ1) is 24.6. The number of benzene rings is 2. The fourth-order valence-corrected chi connectivity index (χ4v) is 2.80. The number of halogens is 1. The summed E-state index contributed by atoms with van der Waals surface area (Å²) in [7, 11) is 0. The normalized spacial score (nSPS) is 12.1. The number of carbonyl (C=O) groups is 3. The number of carbonyl (C=O) groups excluding carboxylic acids is 3. The Hall–Kier alpha value is -4.08. The minimum absolute atomic E-state index is 0.0828. The number of ketones is 1. The standard InChI is InChI=1S/C24H24FN3O6/c1-14(20(30)15-7-11-18(12-8-15)26-22(31)24(2,3)4)33-19(29)13-28-23(32)34-21(27-28)16-5-9-17(25)10-6-16/h5-12,14H,13H2,1-4H3,(H,26,31). The van der Waals surface area contributed by atoms with Crippen LogP contribution in [-0.4, -0.2) is 33.5 Å². The molecule has 1 aromatic heterocycles. The summed E-state index contributed by atoms with van der Waals surface area (Å²) in [5, 5.41) is 6.66. The third-order valence-corrected chi connectivity index (χ3v) is 4.76. The highest BCUT2D eigenvalue weighted by Gasteiger charge is 2.23. The van der Waals surface area contributed by atoms with Gasteiger partial charge in [0.05, 0.1) is 0 Å². The van der Waals surface area contributed by atoms with E-state index in [-0.39, 0.29) is 17.4 Å². The van der Waals surface area contributed by atoms with Gasteiger partial charge in [0.2, 0.25) is 17.6 Å². The highest BCUT2D eigenvalue weighted by molar-refractivity contribution is 6.01. The number of amides is 1. The lowest BCUT2D eigenvalue weighted by Crippen LogP contribution is -2.29. The van der Waals surface area contributed by atoms with Crippen LogP contribution < -0.4 is 11.1 Å². The molecule has 3 rings (SSSR count). The van der Waals surface area contributed by atoms with Crippen LogP contribution in [0.25, 0.3) is 11.5 Å². The van der Waals surface area contributed by atoms with E-state index in [2.05, 4.69) is 10.4 Å². The number of esters is 1. The van der Waals surface area contributed by atoms with Gasteiger partial charge in [0, 0.05) is 22.2 Å². The quantitative estimate of drug-likeness (QED) is 0.416. The molecular formula is C24H24FN3O6. The number of rotatable bonds is 7. The van der Waals surface area contributed by atoms with Gasteiger partial charge in [-0.3, -0.25) is 14.4 Å². The molecule has 0 radical (unpaired) electrons. The molecule has 34 heavy (non-hydrogen) atoms. The Morgan fingerprint density at radius 1 is 1.09 bits per heavy atom. The van der Waals surface area contributed by atoms with Gasteiger partial charge >= 0.3 is 11.7 Å².